The molecule has 10 nitrogen and oxygen atoms in total. The van der Waals surface area contributed by atoms with Gasteiger partial charge in [-0.25, -0.2) is 0 Å². The third-order valence-corrected chi connectivity index (χ3v) is 8.22. The molecule has 0 saturated carbocycles. The Bertz CT molecular complexity index is 1230. The number of hydrogen-bond acceptors (Lipinski definition) is 9. The summed E-state index contributed by atoms with van der Waals surface area (Å²) in [5, 5.41) is 9.56. The molecule has 10 heteroatoms. The Kier molecular flexibility index (Phi) is 9.33. The molecule has 0 spiro atoms. The number of aliphatic hydroxyl groups is 1. The Hall–Kier alpha value is -3.73. The minimum Gasteiger partial charge on any atom is -0.481 e. The number of rotatable bonds is 10. The Balaban J connectivity index is 1.47. The molecule has 2 aromatic carbocycles. The Morgan fingerprint density at radius 3 is 2.02 bits per heavy atom. The van der Waals surface area contributed by atoms with Crippen molar-refractivity contribution in [1.29, 1.82) is 0 Å². The fraction of sp³-hybridized carbons (Fsp3) is 0.452. The van der Waals surface area contributed by atoms with Crippen molar-refractivity contribution < 1.29 is 24.1 Å². The first-order valence-corrected chi connectivity index (χ1v) is 14.1. The summed E-state index contributed by atoms with van der Waals surface area (Å²) >= 11 is 0. The van der Waals surface area contributed by atoms with Gasteiger partial charge in [0.2, 0.25) is 17.7 Å². The third kappa shape index (κ3) is 6.29. The number of piperazine rings is 2. The molecule has 0 radical (unpaired) electrons. The number of fused-ring (bicyclic) bond motifs is 1. The van der Waals surface area contributed by atoms with Gasteiger partial charge in [0.25, 0.3) is 0 Å². The summed E-state index contributed by atoms with van der Waals surface area (Å²) in [5.41, 5.74) is 3.33. The molecule has 2 saturated heterocycles. The van der Waals surface area contributed by atoms with Crippen LogP contribution in [0.3, 0.4) is 0 Å². The molecule has 41 heavy (non-hydrogen) atoms. The van der Waals surface area contributed by atoms with E-state index in [0.29, 0.717) is 31.3 Å². The topological polar surface area (TPSA) is 100 Å². The second-order valence-electron chi connectivity index (χ2n) is 10.5. The molecule has 218 valence electrons. The molecule has 5 rings (SSSR count). The zero-order chi connectivity index (χ0) is 28.8. The number of carbonyl (C=O) groups is 1. The van der Waals surface area contributed by atoms with Crippen LogP contribution in [0.1, 0.15) is 22.6 Å². The van der Waals surface area contributed by atoms with Crippen LogP contribution in [-0.2, 0) is 11.2 Å². The summed E-state index contributed by atoms with van der Waals surface area (Å²) in [4.78, 5) is 28.1. The van der Waals surface area contributed by atoms with E-state index in [1.807, 2.05) is 0 Å². The van der Waals surface area contributed by atoms with Crippen LogP contribution >= 0.6 is 0 Å². The van der Waals surface area contributed by atoms with Crippen LogP contribution in [0.25, 0.3) is 0 Å². The molecule has 3 aromatic rings. The number of methoxy groups -OCH3 is 3. The molecule has 2 aliphatic heterocycles. The second kappa shape index (κ2) is 13.3. The van der Waals surface area contributed by atoms with Gasteiger partial charge in [-0.1, -0.05) is 60.7 Å². The first-order chi connectivity index (χ1) is 20.1. The van der Waals surface area contributed by atoms with Crippen molar-refractivity contribution in [3.05, 3.63) is 77.4 Å². The lowest BCUT2D eigenvalue weighted by Crippen LogP contribution is -2.67. The van der Waals surface area contributed by atoms with E-state index in [1.165, 1.54) is 18.2 Å². The third-order valence-electron chi connectivity index (χ3n) is 8.22. The predicted octanol–water partition coefficient (Wildman–Crippen LogP) is 2.07. The van der Waals surface area contributed by atoms with Gasteiger partial charge in [-0.15, -0.1) is 0 Å². The van der Waals surface area contributed by atoms with Gasteiger partial charge in [0, 0.05) is 57.3 Å². The van der Waals surface area contributed by atoms with Crippen molar-refractivity contribution in [3.63, 3.8) is 0 Å². The van der Waals surface area contributed by atoms with Gasteiger partial charge in [0.1, 0.15) is 6.61 Å². The maximum Gasteiger partial charge on any atom is 0.322 e. The first-order valence-electron chi connectivity index (χ1n) is 14.1. The molecule has 2 atom stereocenters. The Morgan fingerprint density at radius 2 is 1.49 bits per heavy atom. The quantitative estimate of drug-likeness (QED) is 0.399. The molecule has 0 unspecified atom stereocenters. The van der Waals surface area contributed by atoms with Crippen molar-refractivity contribution >= 4 is 5.91 Å². The van der Waals surface area contributed by atoms with Crippen molar-refractivity contribution in [3.8, 4) is 17.8 Å². The van der Waals surface area contributed by atoms with Gasteiger partial charge in [-0.2, -0.15) is 9.97 Å². The molecule has 3 heterocycles. The summed E-state index contributed by atoms with van der Waals surface area (Å²) in [6, 6.07) is 21.9. The maximum absolute atomic E-state index is 12.5. The fourth-order valence-corrected chi connectivity index (χ4v) is 6.31. The highest BCUT2D eigenvalue weighted by Gasteiger charge is 2.43. The van der Waals surface area contributed by atoms with Gasteiger partial charge in [-0.05, 0) is 17.5 Å². The van der Waals surface area contributed by atoms with Crippen LogP contribution in [0.15, 0.2) is 60.7 Å². The van der Waals surface area contributed by atoms with Crippen LogP contribution in [0.5, 0.6) is 17.8 Å². The largest absolute Gasteiger partial charge is 0.481 e. The second-order valence-corrected chi connectivity index (χ2v) is 10.5. The number of benzene rings is 2. The predicted molar refractivity (Wildman–Crippen MR) is 155 cm³/mol. The van der Waals surface area contributed by atoms with Gasteiger partial charge < -0.3 is 24.2 Å². The van der Waals surface area contributed by atoms with Crippen molar-refractivity contribution in [1.82, 2.24) is 24.7 Å². The smallest absolute Gasteiger partial charge is 0.322 e. The van der Waals surface area contributed by atoms with E-state index in [4.69, 9.17) is 14.2 Å². The summed E-state index contributed by atoms with van der Waals surface area (Å²) in [5.74, 6) is 0.808. The number of nitrogens with zero attached hydrogens (tertiary/aromatic N) is 5. The lowest BCUT2D eigenvalue weighted by molar-refractivity contribution is -0.139. The molecule has 1 aromatic heterocycles. The van der Waals surface area contributed by atoms with Crippen LogP contribution < -0.4 is 14.2 Å². The van der Waals surface area contributed by atoms with E-state index in [9.17, 15) is 9.90 Å². The van der Waals surface area contributed by atoms with Gasteiger partial charge in [0.15, 0.2) is 0 Å². The van der Waals surface area contributed by atoms with E-state index in [-0.39, 0.29) is 29.9 Å². The average Bonchev–Trinajstić information content (AvgIpc) is 3.03. The number of aromatic nitrogens is 2. The number of hydrogen-bond donors (Lipinski definition) is 1. The normalized spacial score (nSPS) is 19.6. The molecule has 2 aliphatic rings. The van der Waals surface area contributed by atoms with Crippen molar-refractivity contribution in [2.24, 2.45) is 0 Å². The number of ether oxygens (including phenoxy) is 3. The molecule has 1 N–H and O–H groups in total. The number of carbonyl (C=O) groups excluding carboxylic acids is 1. The highest BCUT2D eigenvalue weighted by molar-refractivity contribution is 5.77. The van der Waals surface area contributed by atoms with E-state index in [0.717, 1.165) is 31.7 Å². The van der Waals surface area contributed by atoms with E-state index in [2.05, 4.69) is 80.4 Å². The number of aliphatic hydroxyl groups excluding tert-OH is 1. The summed E-state index contributed by atoms with van der Waals surface area (Å²) in [7, 11) is 4.68. The Morgan fingerprint density at radius 1 is 0.878 bits per heavy atom. The van der Waals surface area contributed by atoms with E-state index >= 15 is 0 Å². The Labute approximate surface area is 241 Å². The maximum atomic E-state index is 12.5. The highest BCUT2D eigenvalue weighted by atomic mass is 16.5. The average molecular weight is 562 g/mol. The molecule has 0 bridgehead atoms. The summed E-state index contributed by atoms with van der Waals surface area (Å²) < 4.78 is 16.4. The minimum atomic E-state index is -0.465. The lowest BCUT2D eigenvalue weighted by atomic mass is 9.81. The molecule has 0 aliphatic carbocycles. The van der Waals surface area contributed by atoms with Gasteiger partial charge in [-0.3, -0.25) is 14.6 Å². The number of amides is 1. The molecular weight excluding hydrogens is 522 g/mol. The van der Waals surface area contributed by atoms with Crippen LogP contribution in [-0.4, -0.2) is 115 Å². The van der Waals surface area contributed by atoms with Crippen molar-refractivity contribution in [2.45, 2.75) is 24.4 Å². The summed E-state index contributed by atoms with van der Waals surface area (Å²) in [6.07, 6.45) is 0.621. The van der Waals surface area contributed by atoms with Crippen molar-refractivity contribution in [2.75, 3.05) is 67.2 Å². The first kappa shape index (κ1) is 28.8. The zero-order valence-corrected chi connectivity index (χ0v) is 24.0. The molecular formula is C31H39N5O5. The lowest BCUT2D eigenvalue weighted by Gasteiger charge is -2.53. The van der Waals surface area contributed by atoms with Crippen LogP contribution in [0, 0.1) is 0 Å². The summed E-state index contributed by atoms with van der Waals surface area (Å²) in [6.45, 7) is 3.87. The zero-order valence-electron chi connectivity index (χ0n) is 24.0. The molecule has 2 fully saturated rings. The SMILES string of the molecule is COc1nc(OC)c(CCN2C[C@@H]3CN(C(=O)CO)CCN3[C@H](C(c3ccccc3)c3ccccc3)C2)c(OC)n1. The van der Waals surface area contributed by atoms with E-state index in [1.54, 1.807) is 19.1 Å². The van der Waals surface area contributed by atoms with E-state index < -0.39 is 6.61 Å². The van der Waals surface area contributed by atoms with Gasteiger partial charge >= 0.3 is 6.01 Å². The van der Waals surface area contributed by atoms with Gasteiger partial charge in [0.05, 0.1) is 26.9 Å². The highest BCUT2D eigenvalue weighted by Crippen LogP contribution is 2.36. The van der Waals surface area contributed by atoms with Crippen LogP contribution in [0.4, 0.5) is 0 Å². The monoisotopic (exact) mass is 561 g/mol. The minimum absolute atomic E-state index is 0.129. The standard InChI is InChI=1S/C31H39N5O5/c1-39-29-25(30(40-2)33-31(32-29)41-3)14-15-34-18-24-19-35(27(38)21-37)16-17-36(24)26(20-34)28(22-10-6-4-7-11-22)23-12-8-5-9-13-23/h4-13,24,26,28,37H,14-21H2,1-3H3/t24-,26+/m1/s1. The van der Waals surface area contributed by atoms with Crippen LogP contribution in [0.2, 0.25) is 0 Å². The fourth-order valence-electron chi connectivity index (χ4n) is 6.31. The molecule has 1 amide bonds.